The molecule has 10 heteroatoms. The van der Waals surface area contributed by atoms with Crippen LogP contribution in [0.1, 0.15) is 16.8 Å². The third-order valence-electron chi connectivity index (χ3n) is 5.10. The lowest BCUT2D eigenvalue weighted by molar-refractivity contribution is 0.368. The summed E-state index contributed by atoms with van der Waals surface area (Å²) in [6.07, 6.45) is 0.805. The van der Waals surface area contributed by atoms with Crippen LogP contribution in [0.3, 0.4) is 0 Å². The third-order valence-corrected chi connectivity index (χ3v) is 7.77. The summed E-state index contributed by atoms with van der Waals surface area (Å²) < 4.78 is 30.8. The Kier molecular flexibility index (Phi) is 4.65. The van der Waals surface area contributed by atoms with Gasteiger partial charge in [0, 0.05) is 23.9 Å². The van der Waals surface area contributed by atoms with E-state index in [9.17, 15) is 8.42 Å². The lowest BCUT2D eigenvalue weighted by Crippen LogP contribution is -2.18. The molecule has 0 saturated carbocycles. The zero-order chi connectivity index (χ0) is 20.9. The molecule has 5 rings (SSSR count). The second-order valence-electron chi connectivity index (χ2n) is 7.07. The van der Waals surface area contributed by atoms with Gasteiger partial charge in [-0.1, -0.05) is 17.7 Å². The Bertz CT molecular complexity index is 1310. The summed E-state index contributed by atoms with van der Waals surface area (Å²) in [5, 5.41) is 8.78. The number of hydrogen-bond acceptors (Lipinski definition) is 8. The summed E-state index contributed by atoms with van der Waals surface area (Å²) in [6, 6.07) is 11.3. The number of ether oxygens (including phenoxy) is 1. The van der Waals surface area contributed by atoms with Crippen LogP contribution in [0.25, 0.3) is 10.7 Å². The zero-order valence-corrected chi connectivity index (χ0v) is 18.0. The van der Waals surface area contributed by atoms with Gasteiger partial charge in [-0.25, -0.2) is 18.4 Å². The predicted octanol–water partition coefficient (Wildman–Crippen LogP) is 3.88. The van der Waals surface area contributed by atoms with Gasteiger partial charge in [0.1, 0.15) is 17.6 Å². The fraction of sp³-hybridized carbons (Fsp3) is 0.250. The Balaban J connectivity index is 1.64. The molecular formula is C20H15ClN4O3S2. The van der Waals surface area contributed by atoms with E-state index < -0.39 is 9.84 Å². The average molecular weight is 459 g/mol. The van der Waals surface area contributed by atoms with Crippen molar-refractivity contribution in [1.82, 2.24) is 9.97 Å². The Hall–Kier alpha value is -2.67. The van der Waals surface area contributed by atoms with Crippen LogP contribution in [0.2, 0.25) is 4.34 Å². The minimum absolute atomic E-state index is 0.0385. The molecule has 0 spiro atoms. The van der Waals surface area contributed by atoms with Crippen molar-refractivity contribution in [3.63, 3.8) is 0 Å². The molecule has 2 aromatic heterocycles. The number of nitriles is 1. The fourth-order valence-electron chi connectivity index (χ4n) is 3.82. The van der Waals surface area contributed by atoms with Crippen LogP contribution in [0, 0.1) is 11.3 Å². The van der Waals surface area contributed by atoms with Gasteiger partial charge in [0.25, 0.3) is 0 Å². The molecule has 0 fully saturated rings. The molecule has 3 aromatic rings. The molecule has 1 aromatic carbocycles. The first-order valence-corrected chi connectivity index (χ1v) is 12.2. The van der Waals surface area contributed by atoms with Crippen molar-refractivity contribution in [2.24, 2.45) is 0 Å². The van der Waals surface area contributed by atoms with Crippen molar-refractivity contribution in [3.05, 3.63) is 51.5 Å². The maximum atomic E-state index is 12.4. The van der Waals surface area contributed by atoms with E-state index in [0.717, 1.165) is 22.5 Å². The first-order chi connectivity index (χ1) is 14.4. The van der Waals surface area contributed by atoms with Gasteiger partial charge in [-0.2, -0.15) is 5.26 Å². The van der Waals surface area contributed by atoms with Gasteiger partial charge in [-0.15, -0.1) is 11.3 Å². The second-order valence-corrected chi connectivity index (χ2v) is 10.9. The van der Waals surface area contributed by atoms with E-state index in [4.69, 9.17) is 26.6 Å². The van der Waals surface area contributed by atoms with Crippen molar-refractivity contribution in [2.45, 2.75) is 17.9 Å². The van der Waals surface area contributed by atoms with Crippen LogP contribution in [-0.2, 0) is 27.8 Å². The Morgan fingerprint density at radius 3 is 2.87 bits per heavy atom. The highest BCUT2D eigenvalue weighted by Crippen LogP contribution is 2.42. The van der Waals surface area contributed by atoms with Gasteiger partial charge in [0.2, 0.25) is 0 Å². The minimum atomic E-state index is -3.26. The number of fused-ring (bicyclic) bond motifs is 2. The van der Waals surface area contributed by atoms with Crippen LogP contribution < -0.4 is 9.64 Å². The first kappa shape index (κ1) is 19.3. The van der Waals surface area contributed by atoms with Gasteiger partial charge < -0.3 is 9.64 Å². The van der Waals surface area contributed by atoms with E-state index in [2.05, 4.69) is 4.98 Å². The van der Waals surface area contributed by atoms with Crippen LogP contribution in [0.4, 0.5) is 11.5 Å². The van der Waals surface area contributed by atoms with Gasteiger partial charge in [-0.3, -0.25) is 0 Å². The molecule has 30 heavy (non-hydrogen) atoms. The monoisotopic (exact) mass is 458 g/mol. The molecule has 0 atom stereocenters. The zero-order valence-electron chi connectivity index (χ0n) is 15.6. The normalized spacial score (nSPS) is 16.2. The number of aromatic nitrogens is 2. The van der Waals surface area contributed by atoms with Gasteiger partial charge in [-0.05, 0) is 30.2 Å². The second kappa shape index (κ2) is 7.23. The molecule has 7 nitrogen and oxygen atoms in total. The van der Waals surface area contributed by atoms with E-state index in [1.807, 2.05) is 35.2 Å². The molecule has 2 aliphatic rings. The van der Waals surface area contributed by atoms with Crippen molar-refractivity contribution < 1.29 is 13.2 Å². The first-order valence-electron chi connectivity index (χ1n) is 9.20. The number of anilines is 2. The molecule has 0 amide bonds. The summed E-state index contributed by atoms with van der Waals surface area (Å²) in [7, 11) is -3.26. The van der Waals surface area contributed by atoms with E-state index in [1.165, 1.54) is 11.3 Å². The summed E-state index contributed by atoms with van der Waals surface area (Å²) in [4.78, 5) is 12.1. The summed E-state index contributed by atoms with van der Waals surface area (Å²) in [6.45, 7) is 0.633. The topological polar surface area (TPSA) is 96.2 Å². The molecule has 152 valence electrons. The largest absolute Gasteiger partial charge is 0.479 e. The maximum absolute atomic E-state index is 12.4. The molecule has 2 aliphatic heterocycles. The van der Waals surface area contributed by atoms with E-state index >= 15 is 0 Å². The minimum Gasteiger partial charge on any atom is -0.479 e. The molecule has 0 unspecified atom stereocenters. The SMILES string of the molecule is N#CCOc1ccc2c(c1)N(c1nc(-c3ccc(Cl)s3)nc3c1CS(=O)(=O)C3)CC2. The summed E-state index contributed by atoms with van der Waals surface area (Å²) in [5.74, 6) is 1.51. The van der Waals surface area contributed by atoms with Crippen molar-refractivity contribution in [1.29, 1.82) is 5.26 Å². The Labute approximate surface area is 182 Å². The molecule has 0 N–H and O–H groups in total. The molecule has 0 bridgehead atoms. The standard InChI is InChI=1S/C20H15ClN4O3S2/c21-18-4-3-17(29-18)19-23-15-11-30(26,27)10-14(15)20(24-19)25-7-5-12-1-2-13(9-16(12)25)28-8-6-22/h1-4,9H,5,7-8,10-11H2. The number of rotatable bonds is 4. The molecule has 0 saturated heterocycles. The molecule has 0 radical (unpaired) electrons. The van der Waals surface area contributed by atoms with Crippen LogP contribution >= 0.6 is 22.9 Å². The van der Waals surface area contributed by atoms with Crippen LogP contribution in [-0.4, -0.2) is 31.5 Å². The number of sulfone groups is 1. The number of hydrogen-bond donors (Lipinski definition) is 0. The molecular weight excluding hydrogens is 444 g/mol. The molecule has 0 aliphatic carbocycles. The average Bonchev–Trinajstić information content (AvgIpc) is 3.40. The van der Waals surface area contributed by atoms with Crippen molar-refractivity contribution in [2.75, 3.05) is 18.1 Å². The summed E-state index contributed by atoms with van der Waals surface area (Å²) >= 11 is 7.44. The fourth-order valence-corrected chi connectivity index (χ4v) is 6.29. The van der Waals surface area contributed by atoms with Gasteiger partial charge in [0.15, 0.2) is 22.3 Å². The highest BCUT2D eigenvalue weighted by atomic mass is 35.5. The summed E-state index contributed by atoms with van der Waals surface area (Å²) in [5.41, 5.74) is 3.22. The number of thiophene rings is 1. The van der Waals surface area contributed by atoms with Crippen LogP contribution in [0.15, 0.2) is 30.3 Å². The van der Waals surface area contributed by atoms with Crippen molar-refractivity contribution >= 4 is 44.3 Å². The third kappa shape index (κ3) is 3.41. The number of nitrogens with zero attached hydrogens (tertiary/aromatic N) is 4. The number of halogens is 1. The Morgan fingerprint density at radius 2 is 2.10 bits per heavy atom. The maximum Gasteiger partial charge on any atom is 0.174 e. The van der Waals surface area contributed by atoms with Crippen molar-refractivity contribution in [3.8, 4) is 22.5 Å². The highest BCUT2D eigenvalue weighted by molar-refractivity contribution is 7.90. The smallest absolute Gasteiger partial charge is 0.174 e. The van der Waals surface area contributed by atoms with E-state index in [1.54, 1.807) is 6.07 Å². The van der Waals surface area contributed by atoms with Crippen LogP contribution in [0.5, 0.6) is 5.75 Å². The lowest BCUT2D eigenvalue weighted by atomic mass is 10.1. The number of benzene rings is 1. The highest BCUT2D eigenvalue weighted by Gasteiger charge is 2.34. The van der Waals surface area contributed by atoms with E-state index in [0.29, 0.717) is 39.5 Å². The van der Waals surface area contributed by atoms with Gasteiger partial charge in [0.05, 0.1) is 26.4 Å². The van der Waals surface area contributed by atoms with Gasteiger partial charge >= 0.3 is 0 Å². The Morgan fingerprint density at radius 1 is 1.23 bits per heavy atom. The molecule has 4 heterocycles. The lowest BCUT2D eigenvalue weighted by Gasteiger charge is -2.22. The quantitative estimate of drug-likeness (QED) is 0.585. The van der Waals surface area contributed by atoms with E-state index in [-0.39, 0.29) is 18.1 Å². The predicted molar refractivity (Wildman–Crippen MR) is 115 cm³/mol.